The van der Waals surface area contributed by atoms with Crippen molar-refractivity contribution in [1.29, 1.82) is 0 Å². The Bertz CT molecular complexity index is 508. The highest BCUT2D eigenvalue weighted by Gasteiger charge is 2.04. The SMILES string of the molecule is CCCNCc1ccccc1OCc1cncn1C. The molecule has 0 bridgehead atoms. The number of benzene rings is 1. The van der Waals surface area contributed by atoms with Gasteiger partial charge in [-0.3, -0.25) is 0 Å². The third-order valence-electron chi connectivity index (χ3n) is 3.01. The van der Waals surface area contributed by atoms with Crippen LogP contribution < -0.4 is 10.1 Å². The molecule has 0 spiro atoms. The Kier molecular flexibility index (Phi) is 4.98. The molecule has 4 heteroatoms. The summed E-state index contributed by atoms with van der Waals surface area (Å²) in [6.07, 6.45) is 4.75. The molecule has 0 saturated heterocycles. The van der Waals surface area contributed by atoms with E-state index in [-0.39, 0.29) is 0 Å². The number of ether oxygens (including phenoxy) is 1. The minimum absolute atomic E-state index is 0.543. The molecule has 4 nitrogen and oxygen atoms in total. The number of hydrogen-bond acceptors (Lipinski definition) is 3. The van der Waals surface area contributed by atoms with Gasteiger partial charge in [0.2, 0.25) is 0 Å². The maximum atomic E-state index is 5.89. The largest absolute Gasteiger partial charge is 0.487 e. The first-order chi connectivity index (χ1) is 9.31. The van der Waals surface area contributed by atoms with Gasteiger partial charge in [-0.1, -0.05) is 25.1 Å². The lowest BCUT2D eigenvalue weighted by atomic mass is 10.2. The second-order valence-electron chi connectivity index (χ2n) is 4.57. The van der Waals surface area contributed by atoms with Gasteiger partial charge in [0.1, 0.15) is 12.4 Å². The third-order valence-corrected chi connectivity index (χ3v) is 3.01. The van der Waals surface area contributed by atoms with Crippen LogP contribution in [0.15, 0.2) is 36.8 Å². The van der Waals surface area contributed by atoms with Crippen molar-refractivity contribution in [2.24, 2.45) is 7.05 Å². The Hall–Kier alpha value is -1.81. The maximum absolute atomic E-state index is 5.89. The van der Waals surface area contributed by atoms with E-state index in [0.717, 1.165) is 31.0 Å². The number of hydrogen-bond donors (Lipinski definition) is 1. The molecule has 1 heterocycles. The van der Waals surface area contributed by atoms with E-state index in [0.29, 0.717) is 6.61 Å². The zero-order chi connectivity index (χ0) is 13.5. The second-order valence-corrected chi connectivity index (χ2v) is 4.57. The Morgan fingerprint density at radius 1 is 1.32 bits per heavy atom. The van der Waals surface area contributed by atoms with E-state index in [1.54, 1.807) is 6.33 Å². The number of imidazole rings is 1. The predicted octanol–water partition coefficient (Wildman–Crippen LogP) is 2.50. The van der Waals surface area contributed by atoms with Crippen LogP contribution in [0.25, 0.3) is 0 Å². The molecule has 0 atom stereocenters. The third kappa shape index (κ3) is 3.83. The summed E-state index contributed by atoms with van der Waals surface area (Å²) in [4.78, 5) is 4.09. The van der Waals surface area contributed by atoms with Gasteiger partial charge in [-0.05, 0) is 19.0 Å². The smallest absolute Gasteiger partial charge is 0.130 e. The highest BCUT2D eigenvalue weighted by Crippen LogP contribution is 2.19. The minimum Gasteiger partial charge on any atom is -0.487 e. The topological polar surface area (TPSA) is 39.1 Å². The summed E-state index contributed by atoms with van der Waals surface area (Å²) in [7, 11) is 1.97. The molecule has 0 fully saturated rings. The van der Waals surface area contributed by atoms with Crippen LogP contribution in [-0.4, -0.2) is 16.1 Å². The lowest BCUT2D eigenvalue weighted by Crippen LogP contribution is -2.14. The molecule has 2 rings (SSSR count). The summed E-state index contributed by atoms with van der Waals surface area (Å²) < 4.78 is 7.86. The average molecular weight is 259 g/mol. The van der Waals surface area contributed by atoms with Gasteiger partial charge < -0.3 is 14.6 Å². The number of nitrogens with one attached hydrogen (secondary N) is 1. The van der Waals surface area contributed by atoms with Crippen LogP contribution in [0.2, 0.25) is 0 Å². The molecule has 1 N–H and O–H groups in total. The lowest BCUT2D eigenvalue weighted by molar-refractivity contribution is 0.293. The van der Waals surface area contributed by atoms with E-state index in [1.807, 2.05) is 36.0 Å². The molecule has 2 aromatic rings. The van der Waals surface area contributed by atoms with Gasteiger partial charge in [0.05, 0.1) is 18.2 Å². The molecule has 102 valence electrons. The van der Waals surface area contributed by atoms with Crippen molar-refractivity contribution in [2.45, 2.75) is 26.5 Å². The van der Waals surface area contributed by atoms with E-state index in [2.05, 4.69) is 23.3 Å². The van der Waals surface area contributed by atoms with Crippen LogP contribution in [0.5, 0.6) is 5.75 Å². The van der Waals surface area contributed by atoms with Gasteiger partial charge in [-0.25, -0.2) is 4.98 Å². The number of aromatic nitrogens is 2. The van der Waals surface area contributed by atoms with Crippen LogP contribution >= 0.6 is 0 Å². The van der Waals surface area contributed by atoms with Gasteiger partial charge in [-0.2, -0.15) is 0 Å². The van der Waals surface area contributed by atoms with Crippen molar-refractivity contribution in [3.8, 4) is 5.75 Å². The van der Waals surface area contributed by atoms with Crippen LogP contribution in [0, 0.1) is 0 Å². The molecule has 0 radical (unpaired) electrons. The van der Waals surface area contributed by atoms with Crippen molar-refractivity contribution in [3.05, 3.63) is 48.0 Å². The average Bonchev–Trinajstić information content (AvgIpc) is 2.83. The fourth-order valence-corrected chi connectivity index (χ4v) is 1.87. The molecule has 0 aliphatic heterocycles. The van der Waals surface area contributed by atoms with Gasteiger partial charge in [-0.15, -0.1) is 0 Å². The summed E-state index contributed by atoms with van der Waals surface area (Å²) >= 11 is 0. The summed E-state index contributed by atoms with van der Waals surface area (Å²) in [5.74, 6) is 0.937. The first-order valence-electron chi connectivity index (χ1n) is 6.68. The summed E-state index contributed by atoms with van der Waals surface area (Å²) in [6, 6.07) is 8.16. The zero-order valence-electron chi connectivity index (χ0n) is 11.6. The number of aryl methyl sites for hydroxylation is 1. The van der Waals surface area contributed by atoms with Gasteiger partial charge in [0, 0.05) is 19.2 Å². The molecule has 19 heavy (non-hydrogen) atoms. The standard InChI is InChI=1S/C15H21N3O/c1-3-8-16-9-13-6-4-5-7-15(13)19-11-14-10-17-12-18(14)2/h4-7,10,12,16H,3,8-9,11H2,1-2H3. The monoisotopic (exact) mass is 259 g/mol. The summed E-state index contributed by atoms with van der Waals surface area (Å²) in [5.41, 5.74) is 2.26. The Morgan fingerprint density at radius 3 is 2.89 bits per heavy atom. The van der Waals surface area contributed by atoms with E-state index >= 15 is 0 Å². The second kappa shape index (κ2) is 6.95. The number of nitrogens with zero attached hydrogens (tertiary/aromatic N) is 2. The van der Waals surface area contributed by atoms with Gasteiger partial charge in [0.25, 0.3) is 0 Å². The van der Waals surface area contributed by atoms with Gasteiger partial charge in [0.15, 0.2) is 0 Å². The Balaban J connectivity index is 1.97. The molecule has 1 aromatic heterocycles. The number of rotatable bonds is 7. The molecule has 0 amide bonds. The fourth-order valence-electron chi connectivity index (χ4n) is 1.87. The van der Waals surface area contributed by atoms with Crippen LogP contribution in [0.3, 0.4) is 0 Å². The van der Waals surface area contributed by atoms with E-state index in [9.17, 15) is 0 Å². The molecule has 0 aliphatic carbocycles. The van der Waals surface area contributed by atoms with Crippen LogP contribution in [0.4, 0.5) is 0 Å². The van der Waals surface area contributed by atoms with E-state index < -0.39 is 0 Å². The Morgan fingerprint density at radius 2 is 2.16 bits per heavy atom. The van der Waals surface area contributed by atoms with Crippen LogP contribution in [0.1, 0.15) is 24.6 Å². The molecular weight excluding hydrogens is 238 g/mol. The van der Waals surface area contributed by atoms with Crippen molar-refractivity contribution >= 4 is 0 Å². The Labute approximate surface area is 114 Å². The molecule has 0 saturated carbocycles. The van der Waals surface area contributed by atoms with Crippen molar-refractivity contribution in [2.75, 3.05) is 6.54 Å². The van der Waals surface area contributed by atoms with E-state index in [4.69, 9.17) is 4.74 Å². The zero-order valence-corrected chi connectivity index (χ0v) is 11.6. The van der Waals surface area contributed by atoms with Crippen molar-refractivity contribution in [1.82, 2.24) is 14.9 Å². The summed E-state index contributed by atoms with van der Waals surface area (Å²) in [5, 5.41) is 3.40. The quantitative estimate of drug-likeness (QED) is 0.776. The molecule has 0 unspecified atom stereocenters. The number of para-hydroxylation sites is 1. The molecule has 0 aliphatic rings. The lowest BCUT2D eigenvalue weighted by Gasteiger charge is -2.12. The minimum atomic E-state index is 0.543. The highest BCUT2D eigenvalue weighted by molar-refractivity contribution is 5.33. The first-order valence-corrected chi connectivity index (χ1v) is 6.68. The van der Waals surface area contributed by atoms with Crippen LogP contribution in [-0.2, 0) is 20.2 Å². The maximum Gasteiger partial charge on any atom is 0.130 e. The van der Waals surface area contributed by atoms with Crippen molar-refractivity contribution < 1.29 is 4.74 Å². The van der Waals surface area contributed by atoms with E-state index in [1.165, 1.54) is 5.56 Å². The molecule has 1 aromatic carbocycles. The van der Waals surface area contributed by atoms with Crippen molar-refractivity contribution in [3.63, 3.8) is 0 Å². The summed E-state index contributed by atoms with van der Waals surface area (Å²) in [6.45, 7) is 4.57. The normalized spacial score (nSPS) is 10.6. The highest BCUT2D eigenvalue weighted by atomic mass is 16.5. The predicted molar refractivity (Wildman–Crippen MR) is 76.0 cm³/mol. The first kappa shape index (κ1) is 13.6. The molecular formula is C15H21N3O. The van der Waals surface area contributed by atoms with Gasteiger partial charge >= 0.3 is 0 Å². The fraction of sp³-hybridized carbons (Fsp3) is 0.400.